The fraction of sp³-hybridized carbons (Fsp3) is 0. The molecule has 0 fully saturated rings. The molecule has 94 valence electrons. The topological polar surface area (TPSA) is 22.1 Å². The van der Waals surface area contributed by atoms with Crippen molar-refractivity contribution in [3.05, 3.63) is 63.3 Å². The zero-order valence-corrected chi connectivity index (χ0v) is 12.7. The number of pyridine rings is 1. The quantitative estimate of drug-likeness (QED) is 0.563. The van der Waals surface area contributed by atoms with Crippen molar-refractivity contribution in [3.63, 3.8) is 0 Å². The Balaban J connectivity index is 2.12. The predicted octanol–water partition coefficient (Wildman–Crippen LogP) is 5.29. The van der Waals surface area contributed by atoms with Gasteiger partial charge in [0, 0.05) is 11.6 Å². The number of fused-ring (bicyclic) bond motifs is 1. The lowest BCUT2D eigenvalue weighted by Crippen LogP contribution is -1.89. The lowest BCUT2D eigenvalue weighted by atomic mass is 10.2. The van der Waals surface area contributed by atoms with Gasteiger partial charge in [0.05, 0.1) is 14.1 Å². The van der Waals surface area contributed by atoms with Crippen LogP contribution in [0.5, 0.6) is 11.5 Å². The van der Waals surface area contributed by atoms with Crippen molar-refractivity contribution >= 4 is 45.1 Å². The van der Waals surface area contributed by atoms with Crippen LogP contribution in [-0.2, 0) is 0 Å². The van der Waals surface area contributed by atoms with E-state index in [0.717, 1.165) is 26.0 Å². The molecule has 0 aliphatic rings. The lowest BCUT2D eigenvalue weighted by molar-refractivity contribution is 0.484. The molecule has 0 spiro atoms. The molecule has 0 N–H and O–H groups in total. The molecule has 0 unspecified atom stereocenters. The van der Waals surface area contributed by atoms with Crippen molar-refractivity contribution in [2.45, 2.75) is 0 Å². The molecular formula is C15H9ClINO. The Morgan fingerprint density at radius 1 is 0.947 bits per heavy atom. The highest BCUT2D eigenvalue weighted by molar-refractivity contribution is 14.1. The van der Waals surface area contributed by atoms with E-state index >= 15 is 0 Å². The van der Waals surface area contributed by atoms with E-state index in [2.05, 4.69) is 27.6 Å². The van der Waals surface area contributed by atoms with E-state index in [-0.39, 0.29) is 0 Å². The summed E-state index contributed by atoms with van der Waals surface area (Å²) in [6.07, 6.45) is 1.71. The van der Waals surface area contributed by atoms with Crippen LogP contribution in [0.15, 0.2) is 54.7 Å². The van der Waals surface area contributed by atoms with E-state index in [1.165, 1.54) is 0 Å². The van der Waals surface area contributed by atoms with E-state index in [9.17, 15) is 0 Å². The first-order chi connectivity index (χ1) is 9.25. The Bertz CT molecular complexity index is 745. The molecule has 4 heteroatoms. The van der Waals surface area contributed by atoms with Gasteiger partial charge in [0.25, 0.3) is 0 Å². The van der Waals surface area contributed by atoms with Crippen LogP contribution in [0.3, 0.4) is 0 Å². The number of para-hydroxylation sites is 2. The number of nitrogens with zero attached hydrogens (tertiary/aromatic N) is 1. The molecular weight excluding hydrogens is 373 g/mol. The Hall–Kier alpha value is -1.33. The van der Waals surface area contributed by atoms with Crippen LogP contribution >= 0.6 is 34.2 Å². The third-order valence-corrected chi connectivity index (χ3v) is 3.93. The van der Waals surface area contributed by atoms with Crippen LogP contribution in [0.2, 0.25) is 5.02 Å². The van der Waals surface area contributed by atoms with Gasteiger partial charge < -0.3 is 4.74 Å². The normalized spacial score (nSPS) is 10.6. The fourth-order valence-corrected chi connectivity index (χ4v) is 2.57. The largest absolute Gasteiger partial charge is 0.455 e. The minimum atomic E-state index is 0.630. The minimum absolute atomic E-state index is 0.630. The van der Waals surface area contributed by atoms with Crippen molar-refractivity contribution in [3.8, 4) is 11.5 Å². The van der Waals surface area contributed by atoms with Gasteiger partial charge in [0.2, 0.25) is 0 Å². The molecule has 2 aromatic carbocycles. The van der Waals surface area contributed by atoms with Gasteiger partial charge in [-0.2, -0.15) is 0 Å². The van der Waals surface area contributed by atoms with E-state index < -0.39 is 0 Å². The second-order valence-electron chi connectivity index (χ2n) is 3.98. The van der Waals surface area contributed by atoms with Crippen LogP contribution in [-0.4, -0.2) is 4.98 Å². The van der Waals surface area contributed by atoms with Gasteiger partial charge in [-0.25, -0.2) is 0 Å². The van der Waals surface area contributed by atoms with Gasteiger partial charge in [-0.1, -0.05) is 29.8 Å². The molecule has 0 saturated carbocycles. The molecule has 0 aliphatic heterocycles. The molecule has 1 heterocycles. The van der Waals surface area contributed by atoms with Crippen molar-refractivity contribution in [1.29, 1.82) is 0 Å². The van der Waals surface area contributed by atoms with Gasteiger partial charge in [-0.15, -0.1) is 0 Å². The summed E-state index contributed by atoms with van der Waals surface area (Å²) in [5.74, 6) is 1.59. The molecule has 0 aliphatic carbocycles. The molecule has 2 nitrogen and oxygen atoms in total. The number of ether oxygens (including phenoxy) is 1. The number of hydrogen-bond acceptors (Lipinski definition) is 2. The van der Waals surface area contributed by atoms with Gasteiger partial charge in [-0.05, 0) is 52.9 Å². The average molecular weight is 382 g/mol. The highest BCUT2D eigenvalue weighted by atomic mass is 127. The highest BCUT2D eigenvalue weighted by Crippen LogP contribution is 2.33. The standard InChI is InChI=1S/C15H9ClINO/c16-11-5-3-4-10-13(8-9-18-15(10)11)19-14-7-2-1-6-12(14)17/h1-9H. The van der Waals surface area contributed by atoms with E-state index in [1.807, 2.05) is 48.5 Å². The summed E-state index contributed by atoms with van der Waals surface area (Å²) in [5, 5.41) is 1.54. The maximum Gasteiger partial charge on any atom is 0.140 e. The summed E-state index contributed by atoms with van der Waals surface area (Å²) in [4.78, 5) is 4.29. The summed E-state index contributed by atoms with van der Waals surface area (Å²) < 4.78 is 7.03. The Labute approximate surface area is 129 Å². The minimum Gasteiger partial charge on any atom is -0.455 e. The number of hydrogen-bond donors (Lipinski definition) is 0. The predicted molar refractivity (Wildman–Crippen MR) is 86.0 cm³/mol. The Kier molecular flexibility index (Phi) is 3.57. The first kappa shape index (κ1) is 12.7. The fourth-order valence-electron chi connectivity index (χ4n) is 1.85. The molecule has 3 rings (SSSR count). The van der Waals surface area contributed by atoms with E-state index in [1.54, 1.807) is 6.20 Å². The summed E-state index contributed by atoms with van der Waals surface area (Å²) in [5.41, 5.74) is 0.757. The molecule has 0 radical (unpaired) electrons. The van der Waals surface area contributed by atoms with Crippen molar-refractivity contribution in [2.24, 2.45) is 0 Å². The third kappa shape index (κ3) is 2.53. The number of aromatic nitrogens is 1. The molecule has 0 bridgehead atoms. The zero-order chi connectivity index (χ0) is 13.2. The van der Waals surface area contributed by atoms with Crippen molar-refractivity contribution in [2.75, 3.05) is 0 Å². The van der Waals surface area contributed by atoms with Crippen LogP contribution in [0.1, 0.15) is 0 Å². The summed E-state index contributed by atoms with van der Waals surface area (Å²) in [6, 6.07) is 15.4. The number of rotatable bonds is 2. The molecule has 1 aromatic heterocycles. The first-order valence-corrected chi connectivity index (χ1v) is 7.17. The van der Waals surface area contributed by atoms with Crippen LogP contribution in [0, 0.1) is 3.57 Å². The average Bonchev–Trinajstić information content (AvgIpc) is 2.42. The van der Waals surface area contributed by atoms with Crippen molar-refractivity contribution in [1.82, 2.24) is 4.98 Å². The Morgan fingerprint density at radius 2 is 1.79 bits per heavy atom. The van der Waals surface area contributed by atoms with Gasteiger partial charge in [0.1, 0.15) is 11.5 Å². The summed E-state index contributed by atoms with van der Waals surface area (Å²) in [6.45, 7) is 0. The molecule has 3 aromatic rings. The van der Waals surface area contributed by atoms with Crippen LogP contribution in [0.25, 0.3) is 10.9 Å². The second kappa shape index (κ2) is 5.35. The molecule has 0 atom stereocenters. The molecule has 19 heavy (non-hydrogen) atoms. The maximum atomic E-state index is 6.14. The third-order valence-electron chi connectivity index (χ3n) is 2.74. The lowest BCUT2D eigenvalue weighted by Gasteiger charge is -2.10. The van der Waals surface area contributed by atoms with Gasteiger partial charge in [0.15, 0.2) is 0 Å². The highest BCUT2D eigenvalue weighted by Gasteiger charge is 2.08. The summed E-state index contributed by atoms with van der Waals surface area (Å²) in [7, 11) is 0. The monoisotopic (exact) mass is 381 g/mol. The second-order valence-corrected chi connectivity index (χ2v) is 5.55. The smallest absolute Gasteiger partial charge is 0.140 e. The SMILES string of the molecule is Clc1cccc2c(Oc3ccccc3I)ccnc12. The van der Waals surface area contributed by atoms with E-state index in [4.69, 9.17) is 16.3 Å². The van der Waals surface area contributed by atoms with Gasteiger partial charge >= 0.3 is 0 Å². The number of halogens is 2. The van der Waals surface area contributed by atoms with Crippen LogP contribution < -0.4 is 4.74 Å². The summed E-state index contributed by atoms with van der Waals surface area (Å²) >= 11 is 8.39. The molecule has 0 amide bonds. The Morgan fingerprint density at radius 3 is 2.63 bits per heavy atom. The molecule has 0 saturated heterocycles. The van der Waals surface area contributed by atoms with Crippen LogP contribution in [0.4, 0.5) is 0 Å². The van der Waals surface area contributed by atoms with E-state index in [0.29, 0.717) is 5.02 Å². The first-order valence-electron chi connectivity index (χ1n) is 5.71. The zero-order valence-electron chi connectivity index (χ0n) is 9.81. The van der Waals surface area contributed by atoms with Gasteiger partial charge in [-0.3, -0.25) is 4.98 Å². The van der Waals surface area contributed by atoms with Crippen molar-refractivity contribution < 1.29 is 4.74 Å². The maximum absolute atomic E-state index is 6.14. The number of benzene rings is 2.